The van der Waals surface area contributed by atoms with Crippen molar-refractivity contribution in [2.75, 3.05) is 18.4 Å². The van der Waals surface area contributed by atoms with E-state index in [1.807, 2.05) is 6.07 Å². The van der Waals surface area contributed by atoms with Gasteiger partial charge in [-0.2, -0.15) is 5.10 Å². The van der Waals surface area contributed by atoms with Crippen LogP contribution in [0.5, 0.6) is 0 Å². The quantitative estimate of drug-likeness (QED) is 0.802. The van der Waals surface area contributed by atoms with E-state index in [9.17, 15) is 4.79 Å². The maximum Gasteiger partial charge on any atom is 0.319 e. The van der Waals surface area contributed by atoms with Crippen molar-refractivity contribution in [1.29, 1.82) is 0 Å². The van der Waals surface area contributed by atoms with Crippen LogP contribution in [-0.4, -0.2) is 40.3 Å². The number of anilines is 1. The standard InChI is InChI=1S/C15H19N5O/c21-15(19-14-8-16-17-9-14)18-13-6-7-20(11-13)10-12-4-2-1-3-5-12/h1-5,8-9,13H,6-7,10-11H2,(H,16,17)(H2,18,19,21)/t13-/m0/s1. The van der Waals surface area contributed by atoms with Gasteiger partial charge < -0.3 is 10.6 Å². The van der Waals surface area contributed by atoms with Crippen molar-refractivity contribution in [3.8, 4) is 0 Å². The Morgan fingerprint density at radius 1 is 1.38 bits per heavy atom. The van der Waals surface area contributed by atoms with Crippen molar-refractivity contribution in [3.05, 3.63) is 48.3 Å². The zero-order chi connectivity index (χ0) is 14.5. The summed E-state index contributed by atoms with van der Waals surface area (Å²) in [5.74, 6) is 0. The van der Waals surface area contributed by atoms with E-state index in [4.69, 9.17) is 0 Å². The minimum Gasteiger partial charge on any atom is -0.334 e. The number of urea groups is 1. The Morgan fingerprint density at radius 3 is 3.00 bits per heavy atom. The van der Waals surface area contributed by atoms with Gasteiger partial charge in [0, 0.05) is 31.9 Å². The number of aromatic nitrogens is 2. The summed E-state index contributed by atoms with van der Waals surface area (Å²) < 4.78 is 0. The maximum atomic E-state index is 11.8. The Hall–Kier alpha value is -2.34. The molecule has 0 aliphatic carbocycles. The fourth-order valence-corrected chi connectivity index (χ4v) is 2.61. The monoisotopic (exact) mass is 285 g/mol. The summed E-state index contributed by atoms with van der Waals surface area (Å²) in [6.07, 6.45) is 4.21. The minimum absolute atomic E-state index is 0.178. The molecule has 0 saturated carbocycles. The summed E-state index contributed by atoms with van der Waals surface area (Å²) in [6, 6.07) is 10.4. The van der Waals surface area contributed by atoms with Crippen LogP contribution in [0.3, 0.4) is 0 Å². The van der Waals surface area contributed by atoms with Crippen LogP contribution in [0.4, 0.5) is 10.5 Å². The number of carbonyl (C=O) groups is 1. The van der Waals surface area contributed by atoms with E-state index in [1.165, 1.54) is 5.56 Å². The number of nitrogens with one attached hydrogen (secondary N) is 3. The van der Waals surface area contributed by atoms with Crippen LogP contribution in [0, 0.1) is 0 Å². The molecule has 3 N–H and O–H groups in total. The van der Waals surface area contributed by atoms with Gasteiger partial charge in [-0.1, -0.05) is 30.3 Å². The van der Waals surface area contributed by atoms with Gasteiger partial charge in [-0.3, -0.25) is 10.00 Å². The van der Waals surface area contributed by atoms with E-state index in [2.05, 4.69) is 50.0 Å². The van der Waals surface area contributed by atoms with Crippen molar-refractivity contribution >= 4 is 11.7 Å². The lowest BCUT2D eigenvalue weighted by Gasteiger charge is -2.16. The zero-order valence-corrected chi connectivity index (χ0v) is 11.7. The normalized spacial score (nSPS) is 18.6. The second-order valence-corrected chi connectivity index (χ2v) is 5.29. The van der Waals surface area contributed by atoms with Gasteiger partial charge in [-0.25, -0.2) is 4.79 Å². The summed E-state index contributed by atoms with van der Waals surface area (Å²) >= 11 is 0. The van der Waals surface area contributed by atoms with Crippen molar-refractivity contribution in [1.82, 2.24) is 20.4 Å². The molecule has 0 bridgehead atoms. The summed E-state index contributed by atoms with van der Waals surface area (Å²) in [4.78, 5) is 14.2. The van der Waals surface area contributed by atoms with E-state index in [0.717, 1.165) is 26.1 Å². The summed E-state index contributed by atoms with van der Waals surface area (Å²) in [6.45, 7) is 2.82. The number of amides is 2. The highest BCUT2D eigenvalue weighted by Crippen LogP contribution is 2.13. The van der Waals surface area contributed by atoms with Crippen LogP contribution in [-0.2, 0) is 6.54 Å². The second-order valence-electron chi connectivity index (χ2n) is 5.29. The molecule has 1 saturated heterocycles. The number of benzene rings is 1. The summed E-state index contributed by atoms with van der Waals surface area (Å²) in [7, 11) is 0. The van der Waals surface area contributed by atoms with Gasteiger partial charge in [-0.15, -0.1) is 0 Å². The van der Waals surface area contributed by atoms with Gasteiger partial charge in [0.25, 0.3) is 0 Å². The largest absolute Gasteiger partial charge is 0.334 e. The van der Waals surface area contributed by atoms with E-state index < -0.39 is 0 Å². The van der Waals surface area contributed by atoms with E-state index in [1.54, 1.807) is 12.4 Å². The Labute approximate surface area is 123 Å². The molecule has 110 valence electrons. The topological polar surface area (TPSA) is 73.0 Å². The number of likely N-dealkylation sites (tertiary alicyclic amines) is 1. The third-order valence-corrected chi connectivity index (χ3v) is 3.61. The fraction of sp³-hybridized carbons (Fsp3) is 0.333. The average molecular weight is 285 g/mol. The molecule has 6 heteroatoms. The molecule has 1 aliphatic rings. The van der Waals surface area contributed by atoms with Crippen LogP contribution in [0.1, 0.15) is 12.0 Å². The number of hydrogen-bond donors (Lipinski definition) is 3. The highest BCUT2D eigenvalue weighted by Gasteiger charge is 2.23. The van der Waals surface area contributed by atoms with Crippen molar-refractivity contribution in [3.63, 3.8) is 0 Å². The molecule has 1 atom stereocenters. The molecule has 3 rings (SSSR count). The number of hydrogen-bond acceptors (Lipinski definition) is 3. The zero-order valence-electron chi connectivity index (χ0n) is 11.7. The smallest absolute Gasteiger partial charge is 0.319 e. The highest BCUT2D eigenvalue weighted by atomic mass is 16.2. The van der Waals surface area contributed by atoms with E-state index >= 15 is 0 Å². The Balaban J connectivity index is 1.45. The third-order valence-electron chi connectivity index (χ3n) is 3.61. The molecule has 2 amide bonds. The van der Waals surface area contributed by atoms with Gasteiger partial charge in [0.2, 0.25) is 0 Å². The highest BCUT2D eigenvalue weighted by molar-refractivity contribution is 5.89. The first-order valence-electron chi connectivity index (χ1n) is 7.12. The molecule has 1 aromatic heterocycles. The molecule has 2 heterocycles. The first kappa shape index (κ1) is 13.6. The Kier molecular flexibility index (Phi) is 4.16. The second kappa shape index (κ2) is 6.41. The Bertz CT molecular complexity index is 569. The summed E-state index contributed by atoms with van der Waals surface area (Å²) in [5.41, 5.74) is 1.98. The Morgan fingerprint density at radius 2 is 2.24 bits per heavy atom. The lowest BCUT2D eigenvalue weighted by atomic mass is 10.2. The van der Waals surface area contributed by atoms with Crippen molar-refractivity contribution in [2.45, 2.75) is 19.0 Å². The molecular weight excluding hydrogens is 266 g/mol. The van der Waals surface area contributed by atoms with Gasteiger partial charge in [0.05, 0.1) is 11.9 Å². The molecule has 1 aromatic carbocycles. The average Bonchev–Trinajstić information content (AvgIpc) is 3.12. The number of nitrogens with zero attached hydrogens (tertiary/aromatic N) is 2. The molecule has 0 spiro atoms. The number of carbonyl (C=O) groups excluding carboxylic acids is 1. The van der Waals surface area contributed by atoms with Crippen LogP contribution in [0.15, 0.2) is 42.7 Å². The van der Waals surface area contributed by atoms with Gasteiger partial charge in [0.1, 0.15) is 0 Å². The lowest BCUT2D eigenvalue weighted by Crippen LogP contribution is -2.39. The van der Waals surface area contributed by atoms with Crippen LogP contribution < -0.4 is 10.6 Å². The predicted molar refractivity (Wildman–Crippen MR) is 80.9 cm³/mol. The lowest BCUT2D eigenvalue weighted by molar-refractivity contribution is 0.247. The first-order valence-corrected chi connectivity index (χ1v) is 7.12. The summed E-state index contributed by atoms with van der Waals surface area (Å²) in [5, 5.41) is 12.2. The minimum atomic E-state index is -0.178. The van der Waals surface area contributed by atoms with Crippen molar-refractivity contribution < 1.29 is 4.79 Å². The number of H-pyrrole nitrogens is 1. The molecule has 2 aromatic rings. The van der Waals surface area contributed by atoms with Crippen LogP contribution in [0.2, 0.25) is 0 Å². The fourth-order valence-electron chi connectivity index (χ4n) is 2.61. The molecule has 0 unspecified atom stereocenters. The first-order chi connectivity index (χ1) is 10.3. The molecule has 21 heavy (non-hydrogen) atoms. The number of aromatic amines is 1. The number of rotatable bonds is 4. The van der Waals surface area contributed by atoms with E-state index in [-0.39, 0.29) is 12.1 Å². The van der Waals surface area contributed by atoms with E-state index in [0.29, 0.717) is 5.69 Å². The molecule has 1 aliphatic heterocycles. The third kappa shape index (κ3) is 3.82. The molecule has 1 fully saturated rings. The van der Waals surface area contributed by atoms with Crippen LogP contribution in [0.25, 0.3) is 0 Å². The van der Waals surface area contributed by atoms with Crippen molar-refractivity contribution in [2.24, 2.45) is 0 Å². The molecule has 6 nitrogen and oxygen atoms in total. The molecule has 0 radical (unpaired) electrons. The maximum absolute atomic E-state index is 11.8. The van der Waals surface area contributed by atoms with Gasteiger partial charge in [-0.05, 0) is 12.0 Å². The molecular formula is C15H19N5O. The van der Waals surface area contributed by atoms with Gasteiger partial charge in [0.15, 0.2) is 0 Å². The van der Waals surface area contributed by atoms with Gasteiger partial charge >= 0.3 is 6.03 Å². The van der Waals surface area contributed by atoms with Crippen LogP contribution >= 0.6 is 0 Å². The predicted octanol–water partition coefficient (Wildman–Crippen LogP) is 1.81. The SMILES string of the molecule is O=C(Nc1cn[nH]c1)N[C@H]1CCN(Cc2ccccc2)C1.